The van der Waals surface area contributed by atoms with Crippen molar-refractivity contribution >= 4 is 23.9 Å². The lowest BCUT2D eigenvalue weighted by molar-refractivity contribution is -0.173. The van der Waals surface area contributed by atoms with Gasteiger partial charge in [0.2, 0.25) is 0 Å². The molecule has 2 aliphatic carbocycles. The lowest BCUT2D eigenvalue weighted by Gasteiger charge is -2.41. The van der Waals surface area contributed by atoms with Crippen molar-refractivity contribution in [2.24, 2.45) is 23.2 Å². The van der Waals surface area contributed by atoms with Crippen LogP contribution in [-0.2, 0) is 33.3 Å². The van der Waals surface area contributed by atoms with Crippen LogP contribution in [0.3, 0.4) is 0 Å². The van der Waals surface area contributed by atoms with E-state index < -0.39 is 71.1 Å². The molecule has 0 amide bonds. The van der Waals surface area contributed by atoms with E-state index >= 15 is 0 Å². The number of carbonyl (C=O) groups is 4. The predicted octanol–water partition coefficient (Wildman–Crippen LogP) is 4.96. The number of benzene rings is 1. The maximum absolute atomic E-state index is 13.2. The smallest absolute Gasteiger partial charge is 0.338 e. The SMILES string of the molecule is CC(=O)OC1CC(OC(C)=O)C(C)(C)C=CC(C)C(OC(C)=O)C2(O)CC(C)C(OC(=O)c3ccccc3)C2C=C1C. The molecule has 0 bridgehead atoms. The van der Waals surface area contributed by atoms with Crippen LogP contribution in [-0.4, -0.2) is 59.0 Å². The molecule has 0 saturated heterocycles. The molecule has 0 heterocycles. The number of ether oxygens (including phenoxy) is 4. The molecule has 0 spiro atoms. The maximum Gasteiger partial charge on any atom is 0.338 e. The van der Waals surface area contributed by atoms with Gasteiger partial charge in [0, 0.05) is 44.4 Å². The van der Waals surface area contributed by atoms with Gasteiger partial charge < -0.3 is 24.1 Å². The molecule has 0 aliphatic heterocycles. The number of esters is 4. The van der Waals surface area contributed by atoms with Crippen molar-refractivity contribution in [3.8, 4) is 0 Å². The van der Waals surface area contributed by atoms with Gasteiger partial charge in [-0.25, -0.2) is 4.79 Å². The predicted molar refractivity (Wildman–Crippen MR) is 155 cm³/mol. The van der Waals surface area contributed by atoms with E-state index in [-0.39, 0.29) is 18.8 Å². The topological polar surface area (TPSA) is 125 Å². The highest BCUT2D eigenvalue weighted by Gasteiger charge is 2.58. The van der Waals surface area contributed by atoms with Crippen LogP contribution in [0.4, 0.5) is 0 Å². The summed E-state index contributed by atoms with van der Waals surface area (Å²) in [5, 5.41) is 12.5. The summed E-state index contributed by atoms with van der Waals surface area (Å²) in [4.78, 5) is 49.9. The largest absolute Gasteiger partial charge is 0.461 e. The zero-order valence-electron chi connectivity index (χ0n) is 25.8. The number of aliphatic hydroxyl groups is 1. The molecule has 2 aliphatic rings. The molecule has 8 atom stereocenters. The summed E-state index contributed by atoms with van der Waals surface area (Å²) >= 11 is 0. The lowest BCUT2D eigenvalue weighted by atomic mass is 9.75. The van der Waals surface area contributed by atoms with Gasteiger partial charge in [-0.2, -0.15) is 0 Å². The fourth-order valence-electron chi connectivity index (χ4n) is 6.17. The normalized spacial score (nSPS) is 32.7. The van der Waals surface area contributed by atoms with Gasteiger partial charge in [0.1, 0.15) is 30.0 Å². The molecule has 42 heavy (non-hydrogen) atoms. The van der Waals surface area contributed by atoms with Gasteiger partial charge in [0.25, 0.3) is 0 Å². The molecule has 0 aromatic heterocycles. The van der Waals surface area contributed by atoms with Crippen molar-refractivity contribution in [3.05, 3.63) is 59.7 Å². The van der Waals surface area contributed by atoms with E-state index in [2.05, 4.69) is 0 Å². The zero-order chi connectivity index (χ0) is 31.4. The molecular formula is C33H44O9. The summed E-state index contributed by atoms with van der Waals surface area (Å²) in [6, 6.07) is 8.57. The van der Waals surface area contributed by atoms with Crippen molar-refractivity contribution in [1.82, 2.24) is 0 Å². The second-order valence-electron chi connectivity index (χ2n) is 12.3. The van der Waals surface area contributed by atoms with Crippen LogP contribution in [0.25, 0.3) is 0 Å². The fourth-order valence-corrected chi connectivity index (χ4v) is 6.17. The highest BCUT2D eigenvalue weighted by molar-refractivity contribution is 5.89. The molecule has 1 aromatic rings. The Balaban J connectivity index is 2.20. The molecular weight excluding hydrogens is 540 g/mol. The Morgan fingerprint density at radius 3 is 2.05 bits per heavy atom. The monoisotopic (exact) mass is 584 g/mol. The Bertz CT molecular complexity index is 1220. The van der Waals surface area contributed by atoms with Crippen molar-refractivity contribution in [2.45, 2.75) is 98.2 Å². The quantitative estimate of drug-likeness (QED) is 0.290. The summed E-state index contributed by atoms with van der Waals surface area (Å²) in [5.74, 6) is -3.71. The van der Waals surface area contributed by atoms with Crippen molar-refractivity contribution < 1.29 is 43.2 Å². The first-order chi connectivity index (χ1) is 19.5. The minimum Gasteiger partial charge on any atom is -0.461 e. The minimum atomic E-state index is -1.63. The molecule has 9 heteroatoms. The summed E-state index contributed by atoms with van der Waals surface area (Å²) in [6.07, 6.45) is 2.54. The van der Waals surface area contributed by atoms with Gasteiger partial charge in [-0.05, 0) is 37.0 Å². The summed E-state index contributed by atoms with van der Waals surface area (Å²) < 4.78 is 23.3. The first-order valence-corrected chi connectivity index (χ1v) is 14.4. The molecule has 9 nitrogen and oxygen atoms in total. The van der Waals surface area contributed by atoms with E-state index in [1.54, 1.807) is 43.3 Å². The second-order valence-corrected chi connectivity index (χ2v) is 12.3. The van der Waals surface area contributed by atoms with E-state index in [9.17, 15) is 24.3 Å². The Labute approximate surface area is 248 Å². The standard InChI is InChI=1S/C33H44O9/c1-19-14-15-32(7,8)28(40-23(5)35)17-27(39-22(4)34)20(2)16-26-29(42-31(37)25-12-10-9-11-13-25)21(3)18-33(26,38)30(19)41-24(6)36/h9-16,19,21,26-30,38H,17-18H2,1-8H3. The third-order valence-corrected chi connectivity index (χ3v) is 8.31. The van der Waals surface area contributed by atoms with Gasteiger partial charge in [0.15, 0.2) is 0 Å². The van der Waals surface area contributed by atoms with E-state index in [1.807, 2.05) is 39.8 Å². The van der Waals surface area contributed by atoms with Gasteiger partial charge >= 0.3 is 23.9 Å². The van der Waals surface area contributed by atoms with Crippen LogP contribution in [0.15, 0.2) is 54.1 Å². The van der Waals surface area contributed by atoms with Crippen molar-refractivity contribution in [1.29, 1.82) is 0 Å². The van der Waals surface area contributed by atoms with E-state index in [0.717, 1.165) is 0 Å². The first kappa shape index (κ1) is 33.0. The molecule has 8 unspecified atom stereocenters. The number of hydrogen-bond acceptors (Lipinski definition) is 9. The van der Waals surface area contributed by atoms with Crippen molar-refractivity contribution in [3.63, 3.8) is 0 Å². The number of carbonyl (C=O) groups excluding carboxylic acids is 4. The fraction of sp³-hybridized carbons (Fsp3) is 0.576. The number of hydrogen-bond donors (Lipinski definition) is 1. The van der Waals surface area contributed by atoms with E-state index in [0.29, 0.717) is 11.1 Å². The Kier molecular flexibility index (Phi) is 10.4. The van der Waals surface area contributed by atoms with Crippen LogP contribution in [0.5, 0.6) is 0 Å². The van der Waals surface area contributed by atoms with Crippen LogP contribution in [0.2, 0.25) is 0 Å². The Morgan fingerprint density at radius 2 is 1.48 bits per heavy atom. The van der Waals surface area contributed by atoms with E-state index in [4.69, 9.17) is 18.9 Å². The first-order valence-electron chi connectivity index (χ1n) is 14.4. The molecule has 1 aromatic carbocycles. The van der Waals surface area contributed by atoms with Gasteiger partial charge in [0.05, 0.1) is 5.56 Å². The highest BCUT2D eigenvalue weighted by atomic mass is 16.6. The van der Waals surface area contributed by atoms with Crippen LogP contribution >= 0.6 is 0 Å². The average Bonchev–Trinajstić information content (AvgIpc) is 3.13. The number of fused-ring (bicyclic) bond motifs is 1. The zero-order valence-corrected chi connectivity index (χ0v) is 25.8. The van der Waals surface area contributed by atoms with Crippen LogP contribution in [0.1, 0.15) is 78.6 Å². The molecule has 230 valence electrons. The lowest BCUT2D eigenvalue weighted by Crippen LogP contribution is -2.52. The summed E-state index contributed by atoms with van der Waals surface area (Å²) in [5.41, 5.74) is -1.39. The molecule has 1 N–H and O–H groups in total. The summed E-state index contributed by atoms with van der Waals surface area (Å²) in [6.45, 7) is 13.2. The highest BCUT2D eigenvalue weighted by Crippen LogP contribution is 2.48. The maximum atomic E-state index is 13.2. The van der Waals surface area contributed by atoms with Gasteiger partial charge in [-0.15, -0.1) is 0 Å². The molecule has 1 saturated carbocycles. The molecule has 1 fully saturated rings. The minimum absolute atomic E-state index is 0.162. The molecule has 3 rings (SSSR count). The third kappa shape index (κ3) is 7.68. The summed E-state index contributed by atoms with van der Waals surface area (Å²) in [7, 11) is 0. The van der Waals surface area contributed by atoms with E-state index in [1.165, 1.54) is 20.8 Å². The second kappa shape index (κ2) is 13.2. The van der Waals surface area contributed by atoms with Gasteiger partial charge in [-0.1, -0.05) is 64.1 Å². The third-order valence-electron chi connectivity index (χ3n) is 8.31. The van der Waals surface area contributed by atoms with Gasteiger partial charge in [-0.3, -0.25) is 14.4 Å². The number of rotatable bonds is 5. The average molecular weight is 585 g/mol. The van der Waals surface area contributed by atoms with Crippen LogP contribution < -0.4 is 0 Å². The Hall–Kier alpha value is -3.46. The van der Waals surface area contributed by atoms with Crippen LogP contribution in [0, 0.1) is 23.2 Å². The Morgan fingerprint density at radius 1 is 0.881 bits per heavy atom. The molecule has 0 radical (unpaired) electrons. The van der Waals surface area contributed by atoms with Crippen molar-refractivity contribution in [2.75, 3.05) is 0 Å².